The molecule has 0 bridgehead atoms. The van der Waals surface area contributed by atoms with E-state index in [0.29, 0.717) is 6.54 Å². The lowest BCUT2D eigenvalue weighted by Crippen LogP contribution is -2.50. The zero-order valence-corrected chi connectivity index (χ0v) is 11.6. The Labute approximate surface area is 112 Å². The van der Waals surface area contributed by atoms with Crippen molar-refractivity contribution in [1.82, 2.24) is 4.90 Å². The van der Waals surface area contributed by atoms with Crippen molar-refractivity contribution >= 4 is 23.5 Å². The highest BCUT2D eigenvalue weighted by Gasteiger charge is 2.41. The molecular weight excluding hydrogens is 250 g/mol. The second-order valence-corrected chi connectivity index (χ2v) is 6.90. The summed E-state index contributed by atoms with van der Waals surface area (Å²) >= 11 is 1.76. The molecule has 0 aliphatic carbocycles. The van der Waals surface area contributed by atoms with E-state index in [-0.39, 0.29) is 22.4 Å². The number of rotatable bonds is 2. The predicted molar refractivity (Wildman–Crippen MR) is 72.8 cm³/mol. The van der Waals surface area contributed by atoms with Crippen molar-refractivity contribution in [2.45, 2.75) is 37.4 Å². The van der Waals surface area contributed by atoms with E-state index in [1.807, 2.05) is 11.8 Å². The van der Waals surface area contributed by atoms with Crippen molar-refractivity contribution in [3.05, 3.63) is 0 Å². The Morgan fingerprint density at radius 1 is 1.56 bits per heavy atom. The summed E-state index contributed by atoms with van der Waals surface area (Å²) in [4.78, 5) is 14.4. The van der Waals surface area contributed by atoms with E-state index in [1.165, 1.54) is 0 Å². The number of carbonyl (C=O) groups is 1. The normalized spacial score (nSPS) is 33.7. The molecule has 0 saturated carbocycles. The fourth-order valence-electron chi connectivity index (χ4n) is 2.77. The van der Waals surface area contributed by atoms with Gasteiger partial charge in [0.2, 0.25) is 5.91 Å². The fraction of sp³-hybridized carbons (Fsp3) is 0.833. The zero-order valence-electron chi connectivity index (χ0n) is 10.8. The molecule has 0 spiro atoms. The number of nitrogens with zero attached hydrogens (tertiary/aromatic N) is 2. The largest absolute Gasteiger partial charge is 0.409 e. The summed E-state index contributed by atoms with van der Waals surface area (Å²) in [5, 5.41) is 11.8. The zero-order chi connectivity index (χ0) is 13.2. The van der Waals surface area contributed by atoms with E-state index in [9.17, 15) is 4.79 Å². The third-order valence-corrected chi connectivity index (χ3v) is 5.42. The molecule has 2 rings (SSSR count). The van der Waals surface area contributed by atoms with Gasteiger partial charge in [0.15, 0.2) is 0 Å². The molecule has 0 aromatic heterocycles. The van der Waals surface area contributed by atoms with Crippen LogP contribution < -0.4 is 5.73 Å². The van der Waals surface area contributed by atoms with E-state index in [0.717, 1.165) is 38.0 Å². The number of thioether (sulfide) groups is 1. The van der Waals surface area contributed by atoms with E-state index < -0.39 is 0 Å². The third-order valence-electron chi connectivity index (χ3n) is 3.91. The van der Waals surface area contributed by atoms with Gasteiger partial charge in [0, 0.05) is 19.0 Å². The minimum atomic E-state index is -0.257. The number of hydrogen-bond donors (Lipinski definition) is 2. The molecule has 2 unspecified atom stereocenters. The molecule has 0 radical (unpaired) electrons. The van der Waals surface area contributed by atoms with Crippen molar-refractivity contribution in [2.75, 3.05) is 18.8 Å². The summed E-state index contributed by atoms with van der Waals surface area (Å²) in [6, 6.07) is 0. The molecule has 6 heteroatoms. The molecule has 3 N–H and O–H groups in total. The van der Waals surface area contributed by atoms with Crippen molar-refractivity contribution in [1.29, 1.82) is 0 Å². The van der Waals surface area contributed by atoms with E-state index >= 15 is 0 Å². The number of nitrogens with two attached hydrogens (primary N) is 1. The van der Waals surface area contributed by atoms with Gasteiger partial charge in [-0.25, -0.2) is 0 Å². The van der Waals surface area contributed by atoms with Gasteiger partial charge in [0.25, 0.3) is 0 Å². The molecule has 5 nitrogen and oxygen atoms in total. The second-order valence-electron chi connectivity index (χ2n) is 5.30. The van der Waals surface area contributed by atoms with Crippen LogP contribution >= 0.6 is 11.8 Å². The molecular formula is C12H21N3O2S. The highest BCUT2D eigenvalue weighted by atomic mass is 32.2. The van der Waals surface area contributed by atoms with Gasteiger partial charge in [0.05, 0.1) is 4.75 Å². The average Bonchev–Trinajstić information content (AvgIpc) is 2.85. The van der Waals surface area contributed by atoms with Crippen molar-refractivity contribution in [2.24, 2.45) is 16.8 Å². The monoisotopic (exact) mass is 271 g/mol. The number of oxime groups is 1. The molecule has 18 heavy (non-hydrogen) atoms. The molecule has 2 heterocycles. The average molecular weight is 271 g/mol. The second kappa shape index (κ2) is 5.38. The van der Waals surface area contributed by atoms with Crippen LogP contribution in [0.25, 0.3) is 0 Å². The number of piperidine rings is 1. The van der Waals surface area contributed by atoms with Gasteiger partial charge in [-0.05, 0) is 38.4 Å². The maximum Gasteiger partial charge on any atom is 0.238 e. The number of likely N-dealkylation sites (tertiary alicyclic amines) is 1. The van der Waals surface area contributed by atoms with Crippen LogP contribution in [0.5, 0.6) is 0 Å². The first kappa shape index (κ1) is 13.5. The molecule has 0 aromatic rings. The van der Waals surface area contributed by atoms with Gasteiger partial charge in [-0.1, -0.05) is 5.16 Å². The maximum atomic E-state index is 12.5. The lowest BCUT2D eigenvalue weighted by Gasteiger charge is -2.36. The lowest BCUT2D eigenvalue weighted by atomic mass is 9.95. The summed E-state index contributed by atoms with van der Waals surface area (Å²) in [6.45, 7) is 3.43. The quantitative estimate of drug-likeness (QED) is 0.343. The summed E-state index contributed by atoms with van der Waals surface area (Å²) in [7, 11) is 0. The first-order valence-corrected chi connectivity index (χ1v) is 7.46. The van der Waals surface area contributed by atoms with Gasteiger partial charge in [-0.15, -0.1) is 11.8 Å². The molecule has 102 valence electrons. The number of carbonyl (C=O) groups excluding carboxylic acids is 1. The number of hydrogen-bond acceptors (Lipinski definition) is 4. The molecule has 0 aromatic carbocycles. The molecule has 2 atom stereocenters. The molecule has 1 amide bonds. The smallest absolute Gasteiger partial charge is 0.238 e. The van der Waals surface area contributed by atoms with Crippen LogP contribution in [-0.2, 0) is 4.79 Å². The van der Waals surface area contributed by atoms with Crippen LogP contribution in [0.4, 0.5) is 0 Å². The number of amides is 1. The molecule has 2 saturated heterocycles. The summed E-state index contributed by atoms with van der Waals surface area (Å²) in [5.74, 6) is 1.54. The lowest BCUT2D eigenvalue weighted by molar-refractivity contribution is -0.134. The van der Waals surface area contributed by atoms with E-state index in [4.69, 9.17) is 10.9 Å². The Morgan fingerprint density at radius 3 is 2.94 bits per heavy atom. The van der Waals surface area contributed by atoms with E-state index in [1.54, 1.807) is 11.8 Å². The van der Waals surface area contributed by atoms with Crippen LogP contribution in [0.2, 0.25) is 0 Å². The van der Waals surface area contributed by atoms with Crippen LogP contribution in [0.1, 0.15) is 32.6 Å². The summed E-state index contributed by atoms with van der Waals surface area (Å²) in [6.07, 6.45) is 3.89. The van der Waals surface area contributed by atoms with Gasteiger partial charge >= 0.3 is 0 Å². The minimum Gasteiger partial charge on any atom is -0.409 e. The SMILES string of the molecule is CC1(C(=O)N2CCCC(C(N)=NO)C2)CCCS1. The van der Waals surface area contributed by atoms with Crippen molar-refractivity contribution < 1.29 is 10.0 Å². The van der Waals surface area contributed by atoms with Crippen molar-refractivity contribution in [3.63, 3.8) is 0 Å². The Bertz CT molecular complexity index is 353. The van der Waals surface area contributed by atoms with Crippen LogP contribution in [-0.4, -0.2) is 45.4 Å². The highest BCUT2D eigenvalue weighted by Crippen LogP contribution is 2.39. The highest BCUT2D eigenvalue weighted by molar-refractivity contribution is 8.01. The van der Waals surface area contributed by atoms with Gasteiger partial charge in [-0.2, -0.15) is 0 Å². The van der Waals surface area contributed by atoms with Gasteiger partial charge in [0.1, 0.15) is 5.84 Å². The molecule has 2 aliphatic rings. The van der Waals surface area contributed by atoms with Gasteiger partial charge in [-0.3, -0.25) is 4.79 Å². The first-order chi connectivity index (χ1) is 8.57. The molecule has 2 aliphatic heterocycles. The van der Waals surface area contributed by atoms with Gasteiger partial charge < -0.3 is 15.8 Å². The van der Waals surface area contributed by atoms with E-state index in [2.05, 4.69) is 5.16 Å². The molecule has 2 fully saturated rings. The Balaban J connectivity index is 2.02. The van der Waals surface area contributed by atoms with Crippen LogP contribution in [0.3, 0.4) is 0 Å². The minimum absolute atomic E-state index is 0.00250. The Kier molecular flexibility index (Phi) is 4.04. The third kappa shape index (κ3) is 2.58. The Hall–Kier alpha value is -0.910. The summed E-state index contributed by atoms with van der Waals surface area (Å²) in [5.41, 5.74) is 5.65. The Morgan fingerprint density at radius 2 is 2.33 bits per heavy atom. The first-order valence-electron chi connectivity index (χ1n) is 6.47. The fourth-order valence-corrected chi connectivity index (χ4v) is 4.05. The van der Waals surface area contributed by atoms with Crippen LogP contribution in [0.15, 0.2) is 5.16 Å². The standard InChI is InChI=1S/C12H21N3O2S/c1-12(5-3-7-18-12)11(16)15-6-2-4-9(8-15)10(13)14-17/h9,17H,2-8H2,1H3,(H2,13,14). The van der Waals surface area contributed by atoms with Crippen LogP contribution in [0, 0.1) is 5.92 Å². The topological polar surface area (TPSA) is 78.9 Å². The maximum absolute atomic E-state index is 12.5. The van der Waals surface area contributed by atoms with Crippen molar-refractivity contribution in [3.8, 4) is 0 Å². The number of amidine groups is 1. The predicted octanol–water partition coefficient (Wildman–Crippen LogP) is 1.26. The summed E-state index contributed by atoms with van der Waals surface area (Å²) < 4.78 is -0.257.